The average molecular weight is 310 g/mol. The molecular formula is C16H24ClN3O. The van der Waals surface area contributed by atoms with Gasteiger partial charge in [0, 0.05) is 18.8 Å². The van der Waals surface area contributed by atoms with Gasteiger partial charge in [-0.2, -0.15) is 0 Å². The van der Waals surface area contributed by atoms with E-state index in [2.05, 4.69) is 24.1 Å². The monoisotopic (exact) mass is 309 g/mol. The SMILES string of the molecule is CC1CC(C)CN(C(C)C(=O)Nc2ccc(Cl)c(N)c2)C1. The summed E-state index contributed by atoms with van der Waals surface area (Å²) in [6.45, 7) is 8.39. The highest BCUT2D eigenvalue weighted by Crippen LogP contribution is 2.24. The van der Waals surface area contributed by atoms with E-state index in [1.54, 1.807) is 18.2 Å². The van der Waals surface area contributed by atoms with E-state index in [9.17, 15) is 4.79 Å². The summed E-state index contributed by atoms with van der Waals surface area (Å²) in [6, 6.07) is 5.01. The average Bonchev–Trinajstić information content (AvgIpc) is 2.41. The van der Waals surface area contributed by atoms with Gasteiger partial charge in [0.2, 0.25) is 5.91 Å². The Morgan fingerprint density at radius 1 is 1.38 bits per heavy atom. The second-order valence-electron chi connectivity index (χ2n) is 6.30. The molecule has 0 radical (unpaired) electrons. The van der Waals surface area contributed by atoms with Crippen molar-refractivity contribution in [2.75, 3.05) is 24.1 Å². The summed E-state index contributed by atoms with van der Waals surface area (Å²) >= 11 is 5.89. The number of nitrogens with one attached hydrogen (secondary N) is 1. The van der Waals surface area contributed by atoms with Crippen LogP contribution in [0.3, 0.4) is 0 Å². The van der Waals surface area contributed by atoms with Crippen LogP contribution in [0, 0.1) is 11.8 Å². The zero-order valence-electron chi connectivity index (χ0n) is 12.9. The van der Waals surface area contributed by atoms with E-state index in [0.29, 0.717) is 28.2 Å². The third-order valence-electron chi connectivity index (χ3n) is 4.09. The molecule has 1 heterocycles. The van der Waals surface area contributed by atoms with Crippen molar-refractivity contribution in [3.05, 3.63) is 23.2 Å². The highest BCUT2D eigenvalue weighted by molar-refractivity contribution is 6.33. The summed E-state index contributed by atoms with van der Waals surface area (Å²) in [6.07, 6.45) is 1.23. The van der Waals surface area contributed by atoms with E-state index >= 15 is 0 Å². The lowest BCUT2D eigenvalue weighted by Gasteiger charge is -2.38. The number of benzene rings is 1. The maximum Gasteiger partial charge on any atom is 0.241 e. The van der Waals surface area contributed by atoms with Gasteiger partial charge in [-0.05, 0) is 43.4 Å². The summed E-state index contributed by atoms with van der Waals surface area (Å²) in [5, 5.41) is 3.42. The molecule has 0 bridgehead atoms. The van der Waals surface area contributed by atoms with Crippen molar-refractivity contribution < 1.29 is 4.79 Å². The molecule has 1 amide bonds. The van der Waals surface area contributed by atoms with Gasteiger partial charge in [0.05, 0.1) is 16.8 Å². The number of hydrogen-bond donors (Lipinski definition) is 2. The first-order chi connectivity index (χ1) is 9.86. The van der Waals surface area contributed by atoms with Crippen molar-refractivity contribution >= 4 is 28.9 Å². The Bertz CT molecular complexity index is 510. The molecule has 1 fully saturated rings. The molecule has 21 heavy (non-hydrogen) atoms. The smallest absolute Gasteiger partial charge is 0.241 e. The van der Waals surface area contributed by atoms with Crippen molar-refractivity contribution in [3.8, 4) is 0 Å². The summed E-state index contributed by atoms with van der Waals surface area (Å²) in [7, 11) is 0. The Morgan fingerprint density at radius 3 is 2.57 bits per heavy atom. The molecule has 0 aromatic heterocycles. The molecule has 1 aromatic rings. The highest BCUT2D eigenvalue weighted by Gasteiger charge is 2.28. The van der Waals surface area contributed by atoms with Gasteiger partial charge in [-0.15, -0.1) is 0 Å². The van der Waals surface area contributed by atoms with Gasteiger partial charge in [-0.25, -0.2) is 0 Å². The van der Waals surface area contributed by atoms with Crippen LogP contribution in [0.15, 0.2) is 18.2 Å². The molecule has 0 spiro atoms. The zero-order valence-corrected chi connectivity index (χ0v) is 13.7. The van der Waals surface area contributed by atoms with Crippen LogP contribution in [-0.2, 0) is 4.79 Å². The number of hydrogen-bond acceptors (Lipinski definition) is 3. The van der Waals surface area contributed by atoms with Crippen molar-refractivity contribution in [1.82, 2.24) is 4.90 Å². The lowest BCUT2D eigenvalue weighted by atomic mass is 9.91. The number of halogens is 1. The summed E-state index contributed by atoms with van der Waals surface area (Å²) in [5.74, 6) is 1.27. The molecule has 3 N–H and O–H groups in total. The van der Waals surface area contributed by atoms with Crippen molar-refractivity contribution in [1.29, 1.82) is 0 Å². The van der Waals surface area contributed by atoms with Gasteiger partial charge < -0.3 is 11.1 Å². The minimum atomic E-state index is -0.146. The molecular weight excluding hydrogens is 286 g/mol. The first-order valence-corrected chi connectivity index (χ1v) is 7.84. The van der Waals surface area contributed by atoms with Crippen LogP contribution in [-0.4, -0.2) is 29.9 Å². The molecule has 1 saturated heterocycles. The second-order valence-corrected chi connectivity index (χ2v) is 6.71. The zero-order chi connectivity index (χ0) is 15.6. The number of amides is 1. The minimum absolute atomic E-state index is 0.00183. The van der Waals surface area contributed by atoms with Gasteiger partial charge in [0.25, 0.3) is 0 Å². The van der Waals surface area contributed by atoms with Gasteiger partial charge in [0.15, 0.2) is 0 Å². The lowest BCUT2D eigenvalue weighted by molar-refractivity contribution is -0.121. The normalized spacial score (nSPS) is 24.6. The second kappa shape index (κ2) is 6.67. The van der Waals surface area contributed by atoms with Gasteiger partial charge in [0.1, 0.15) is 0 Å². The molecule has 116 valence electrons. The molecule has 0 saturated carbocycles. The molecule has 1 aromatic carbocycles. The maximum absolute atomic E-state index is 12.4. The van der Waals surface area contributed by atoms with Gasteiger partial charge in [-0.1, -0.05) is 25.4 Å². The fourth-order valence-corrected chi connectivity index (χ4v) is 3.18. The Balaban J connectivity index is 2.00. The van der Waals surface area contributed by atoms with Gasteiger partial charge in [-0.3, -0.25) is 9.69 Å². The Morgan fingerprint density at radius 2 is 2.00 bits per heavy atom. The van der Waals surface area contributed by atoms with Crippen LogP contribution in [0.2, 0.25) is 5.02 Å². The van der Waals surface area contributed by atoms with E-state index in [4.69, 9.17) is 17.3 Å². The number of nitrogen functional groups attached to an aromatic ring is 1. The van der Waals surface area contributed by atoms with E-state index in [1.165, 1.54) is 6.42 Å². The van der Waals surface area contributed by atoms with Crippen LogP contribution in [0.25, 0.3) is 0 Å². The molecule has 4 nitrogen and oxygen atoms in total. The van der Waals surface area contributed by atoms with Crippen LogP contribution >= 0.6 is 11.6 Å². The first-order valence-electron chi connectivity index (χ1n) is 7.46. The summed E-state index contributed by atoms with van der Waals surface area (Å²) < 4.78 is 0. The number of carbonyl (C=O) groups excluding carboxylic acids is 1. The number of anilines is 2. The van der Waals surface area contributed by atoms with Crippen molar-refractivity contribution in [3.63, 3.8) is 0 Å². The number of likely N-dealkylation sites (tertiary alicyclic amines) is 1. The third-order valence-corrected chi connectivity index (χ3v) is 4.43. The number of nitrogens with two attached hydrogens (primary N) is 1. The van der Waals surface area contributed by atoms with E-state index in [1.807, 2.05) is 6.92 Å². The Hall–Kier alpha value is -1.26. The largest absolute Gasteiger partial charge is 0.397 e. The molecule has 5 heteroatoms. The highest BCUT2D eigenvalue weighted by atomic mass is 35.5. The minimum Gasteiger partial charge on any atom is -0.397 e. The van der Waals surface area contributed by atoms with Gasteiger partial charge >= 0.3 is 0 Å². The molecule has 2 rings (SSSR count). The summed E-state index contributed by atoms with van der Waals surface area (Å²) in [4.78, 5) is 14.7. The molecule has 3 unspecified atom stereocenters. The topological polar surface area (TPSA) is 58.4 Å². The number of carbonyl (C=O) groups is 1. The third kappa shape index (κ3) is 4.11. The van der Waals surface area contributed by atoms with Crippen LogP contribution in [0.1, 0.15) is 27.2 Å². The number of nitrogens with zero attached hydrogens (tertiary/aromatic N) is 1. The fourth-order valence-electron chi connectivity index (χ4n) is 3.06. The molecule has 1 aliphatic rings. The van der Waals surface area contributed by atoms with Crippen LogP contribution < -0.4 is 11.1 Å². The van der Waals surface area contributed by atoms with E-state index < -0.39 is 0 Å². The van der Waals surface area contributed by atoms with Crippen LogP contribution in [0.5, 0.6) is 0 Å². The molecule has 0 aliphatic carbocycles. The number of piperidine rings is 1. The van der Waals surface area contributed by atoms with Crippen molar-refractivity contribution in [2.24, 2.45) is 11.8 Å². The maximum atomic E-state index is 12.4. The predicted molar refractivity (Wildman–Crippen MR) is 88.5 cm³/mol. The predicted octanol–water partition coefficient (Wildman–Crippen LogP) is 3.23. The van der Waals surface area contributed by atoms with Crippen molar-refractivity contribution in [2.45, 2.75) is 33.2 Å². The van der Waals surface area contributed by atoms with E-state index in [0.717, 1.165) is 13.1 Å². The van der Waals surface area contributed by atoms with E-state index in [-0.39, 0.29) is 11.9 Å². The fraction of sp³-hybridized carbons (Fsp3) is 0.562. The Labute approximate surface area is 131 Å². The lowest BCUT2D eigenvalue weighted by Crippen LogP contribution is -2.48. The molecule has 3 atom stereocenters. The first kappa shape index (κ1) is 16.1. The number of rotatable bonds is 3. The summed E-state index contributed by atoms with van der Waals surface area (Å²) in [5.41, 5.74) is 6.92. The Kier molecular flexibility index (Phi) is 5.12. The standard InChI is InChI=1S/C16H24ClN3O/c1-10-6-11(2)9-20(8-10)12(3)16(21)19-13-4-5-14(17)15(18)7-13/h4-5,7,10-12H,6,8-9,18H2,1-3H3,(H,19,21). The molecule has 1 aliphatic heterocycles. The van der Waals surface area contributed by atoms with Crippen LogP contribution in [0.4, 0.5) is 11.4 Å². The quantitative estimate of drug-likeness (QED) is 0.843.